The van der Waals surface area contributed by atoms with Crippen LogP contribution in [-0.2, 0) is 6.18 Å². The lowest BCUT2D eigenvalue weighted by Gasteiger charge is -2.14. The van der Waals surface area contributed by atoms with Gasteiger partial charge in [0.15, 0.2) is 0 Å². The zero-order chi connectivity index (χ0) is 16.5. The maximum absolute atomic E-state index is 13.0. The molecule has 0 aliphatic heterocycles. The highest BCUT2D eigenvalue weighted by atomic mass is 35.5. The number of allylic oxidation sites excluding steroid dienone is 2. The topological polar surface area (TPSA) is 45.4 Å². The Labute approximate surface area is 134 Å². The van der Waals surface area contributed by atoms with Gasteiger partial charge < -0.3 is 10.2 Å². The number of alkyl halides is 3. The molecular formula is C16H11ClF3NO2. The van der Waals surface area contributed by atoms with Crippen molar-refractivity contribution >= 4 is 11.6 Å². The van der Waals surface area contributed by atoms with E-state index in [0.717, 1.165) is 23.1 Å². The molecular weight excluding hydrogens is 331 g/mol. The maximum atomic E-state index is 13.0. The largest absolute Gasteiger partial charge is 0.494 e. The summed E-state index contributed by atoms with van der Waals surface area (Å²) in [6.45, 7) is 0. The minimum atomic E-state index is -4.62. The first-order valence-corrected chi connectivity index (χ1v) is 7.38. The third-order valence-corrected chi connectivity index (χ3v) is 4.86. The van der Waals surface area contributed by atoms with Crippen molar-refractivity contribution < 1.29 is 23.4 Å². The second kappa shape index (κ2) is 4.47. The van der Waals surface area contributed by atoms with E-state index in [1.165, 1.54) is 6.07 Å². The van der Waals surface area contributed by atoms with Gasteiger partial charge in [0.25, 0.3) is 0 Å². The van der Waals surface area contributed by atoms with Crippen LogP contribution in [0, 0.1) is 0 Å². The predicted octanol–water partition coefficient (Wildman–Crippen LogP) is 4.70. The number of fused-ring (bicyclic) bond motifs is 5. The van der Waals surface area contributed by atoms with Crippen LogP contribution in [0.2, 0.25) is 5.02 Å². The Morgan fingerprint density at radius 2 is 1.61 bits per heavy atom. The van der Waals surface area contributed by atoms with E-state index in [-0.39, 0.29) is 29.3 Å². The van der Waals surface area contributed by atoms with Crippen LogP contribution in [0.3, 0.4) is 0 Å². The lowest BCUT2D eigenvalue weighted by atomic mass is 10.0. The Bertz CT molecular complexity index is 818. The molecule has 7 heteroatoms. The fourth-order valence-electron chi connectivity index (χ4n) is 3.55. The Hall–Kier alpha value is -2.08. The van der Waals surface area contributed by atoms with Crippen molar-refractivity contribution in [2.75, 3.05) is 0 Å². The van der Waals surface area contributed by atoms with Crippen molar-refractivity contribution in [3.05, 3.63) is 52.1 Å². The smallest absolute Gasteiger partial charge is 0.417 e. The summed E-state index contributed by atoms with van der Waals surface area (Å²) >= 11 is 5.61. The molecule has 0 fully saturated rings. The molecule has 0 amide bonds. The van der Waals surface area contributed by atoms with Crippen LogP contribution in [0.5, 0.6) is 11.8 Å². The molecule has 1 aromatic heterocycles. The molecule has 0 spiro atoms. The molecule has 0 saturated heterocycles. The fourth-order valence-corrected chi connectivity index (χ4v) is 3.78. The molecule has 2 atom stereocenters. The molecule has 2 aliphatic carbocycles. The number of aromatic hydroxyl groups is 2. The van der Waals surface area contributed by atoms with Gasteiger partial charge >= 0.3 is 6.18 Å². The van der Waals surface area contributed by atoms with Gasteiger partial charge in [-0.2, -0.15) is 13.2 Å². The number of aromatic nitrogens is 1. The van der Waals surface area contributed by atoms with Crippen molar-refractivity contribution in [2.45, 2.75) is 24.4 Å². The van der Waals surface area contributed by atoms with Crippen molar-refractivity contribution in [3.63, 3.8) is 0 Å². The van der Waals surface area contributed by atoms with Crippen LogP contribution in [0.1, 0.15) is 34.9 Å². The summed E-state index contributed by atoms with van der Waals surface area (Å²) in [5, 5.41) is 20.4. The van der Waals surface area contributed by atoms with E-state index in [0.29, 0.717) is 11.1 Å². The van der Waals surface area contributed by atoms with E-state index in [1.807, 2.05) is 12.2 Å². The summed E-state index contributed by atoms with van der Waals surface area (Å²) in [5.41, 5.74) is 0.202. The molecule has 1 heterocycles. The Balaban J connectivity index is 1.91. The summed E-state index contributed by atoms with van der Waals surface area (Å²) in [5.74, 6) is -0.442. The molecule has 120 valence electrons. The minimum absolute atomic E-state index is 0.00321. The van der Waals surface area contributed by atoms with E-state index >= 15 is 0 Å². The fraction of sp³-hybridized carbons (Fsp3) is 0.250. The van der Waals surface area contributed by atoms with Gasteiger partial charge in [-0.15, -0.1) is 0 Å². The maximum Gasteiger partial charge on any atom is 0.417 e. The van der Waals surface area contributed by atoms with E-state index in [4.69, 9.17) is 11.6 Å². The van der Waals surface area contributed by atoms with Gasteiger partial charge in [0.2, 0.25) is 11.8 Å². The number of hydrogen-bond donors (Lipinski definition) is 2. The summed E-state index contributed by atoms with van der Waals surface area (Å²) in [4.78, 5) is 0. The molecule has 2 bridgehead atoms. The van der Waals surface area contributed by atoms with Gasteiger partial charge in [-0.1, -0.05) is 23.8 Å². The van der Waals surface area contributed by atoms with Crippen LogP contribution in [-0.4, -0.2) is 14.8 Å². The van der Waals surface area contributed by atoms with Gasteiger partial charge in [0.1, 0.15) is 0 Å². The van der Waals surface area contributed by atoms with Crippen LogP contribution in [0.4, 0.5) is 13.2 Å². The SMILES string of the molecule is Oc1c2c(c(O)n1-c1ccc(Cl)c(C(F)(F)F)c1)[C@H]1C=C[C@@H]2C1. The normalized spacial score (nSPS) is 21.9. The Morgan fingerprint density at radius 3 is 2.13 bits per heavy atom. The highest BCUT2D eigenvalue weighted by Gasteiger charge is 2.41. The monoisotopic (exact) mass is 341 g/mol. The summed E-state index contributed by atoms with van der Waals surface area (Å²) in [7, 11) is 0. The zero-order valence-electron chi connectivity index (χ0n) is 11.6. The van der Waals surface area contributed by atoms with Crippen molar-refractivity contribution in [1.29, 1.82) is 0 Å². The molecule has 2 aromatic rings. The van der Waals surface area contributed by atoms with Crippen molar-refractivity contribution in [2.24, 2.45) is 0 Å². The van der Waals surface area contributed by atoms with Crippen molar-refractivity contribution in [3.8, 4) is 17.4 Å². The molecule has 2 aliphatic rings. The number of rotatable bonds is 1. The molecule has 0 unspecified atom stereocenters. The molecule has 0 radical (unpaired) electrons. The molecule has 3 nitrogen and oxygen atoms in total. The van der Waals surface area contributed by atoms with Crippen LogP contribution in [0.15, 0.2) is 30.4 Å². The molecule has 23 heavy (non-hydrogen) atoms. The number of nitrogens with zero attached hydrogens (tertiary/aromatic N) is 1. The zero-order valence-corrected chi connectivity index (χ0v) is 12.4. The first kappa shape index (κ1) is 14.5. The first-order valence-electron chi connectivity index (χ1n) is 7.01. The molecule has 4 rings (SSSR count). The average molecular weight is 342 g/mol. The quantitative estimate of drug-likeness (QED) is 0.738. The van der Waals surface area contributed by atoms with Crippen LogP contribution >= 0.6 is 11.6 Å². The number of benzene rings is 1. The molecule has 2 N–H and O–H groups in total. The predicted molar refractivity (Wildman–Crippen MR) is 78.3 cm³/mol. The van der Waals surface area contributed by atoms with Gasteiger partial charge in [-0.25, -0.2) is 0 Å². The highest BCUT2D eigenvalue weighted by molar-refractivity contribution is 6.31. The van der Waals surface area contributed by atoms with Crippen molar-refractivity contribution in [1.82, 2.24) is 4.57 Å². The Kier molecular flexibility index (Phi) is 2.82. The van der Waals surface area contributed by atoms with E-state index in [9.17, 15) is 23.4 Å². The van der Waals surface area contributed by atoms with E-state index in [2.05, 4.69) is 0 Å². The third kappa shape index (κ3) is 1.91. The standard InChI is InChI=1S/C16H11ClF3NO2/c17-11-4-3-9(6-10(11)16(18,19)20)21-14(22)12-7-1-2-8(5-7)13(12)15(21)23/h1-4,6-8,22-23H,5H2/t7-,8+. The van der Waals surface area contributed by atoms with Crippen LogP contribution in [0.25, 0.3) is 5.69 Å². The van der Waals surface area contributed by atoms with E-state index < -0.39 is 16.8 Å². The lowest BCUT2D eigenvalue weighted by molar-refractivity contribution is -0.137. The van der Waals surface area contributed by atoms with E-state index in [1.54, 1.807) is 0 Å². The minimum Gasteiger partial charge on any atom is -0.494 e. The second-order valence-corrected chi connectivity index (χ2v) is 6.21. The molecule has 1 aromatic carbocycles. The number of halogens is 4. The summed E-state index contributed by atoms with van der Waals surface area (Å²) < 4.78 is 40.1. The molecule has 0 saturated carbocycles. The average Bonchev–Trinajstić information content (AvgIpc) is 3.13. The second-order valence-electron chi connectivity index (χ2n) is 5.81. The van der Waals surface area contributed by atoms with Crippen LogP contribution < -0.4 is 0 Å². The third-order valence-electron chi connectivity index (χ3n) is 4.53. The van der Waals surface area contributed by atoms with Gasteiger partial charge in [-0.3, -0.25) is 4.57 Å². The highest BCUT2D eigenvalue weighted by Crippen LogP contribution is 2.57. The summed E-state index contributed by atoms with van der Waals surface area (Å²) in [6.07, 6.45) is 0.0504. The lowest BCUT2D eigenvalue weighted by Crippen LogP contribution is -2.07. The number of hydrogen-bond acceptors (Lipinski definition) is 2. The summed E-state index contributed by atoms with van der Waals surface area (Å²) in [6, 6.07) is 3.27. The van der Waals surface area contributed by atoms with Gasteiger partial charge in [0, 0.05) is 23.0 Å². The Morgan fingerprint density at radius 1 is 1.04 bits per heavy atom. The van der Waals surface area contributed by atoms with Gasteiger partial charge in [0.05, 0.1) is 16.3 Å². The van der Waals surface area contributed by atoms with Gasteiger partial charge in [-0.05, 0) is 24.6 Å². The first-order chi connectivity index (χ1) is 10.8.